The molecule has 0 N–H and O–H groups in total. The van der Waals surface area contributed by atoms with Crippen LogP contribution in [0.3, 0.4) is 0 Å². The Labute approximate surface area is 129 Å². The number of halogens is 1. The van der Waals surface area contributed by atoms with Crippen LogP contribution in [0.2, 0.25) is 0 Å². The minimum Gasteiger partial charge on any atom is -0.0622 e. The predicted octanol–water partition coefficient (Wildman–Crippen LogP) is 4.75. The van der Waals surface area contributed by atoms with Crippen LogP contribution in [0.5, 0.6) is 0 Å². The maximum absolute atomic E-state index is 3.49. The molecule has 0 fully saturated rings. The first-order chi connectivity index (χ1) is 9.83. The second kappa shape index (κ2) is 6.35. The fourth-order valence-electron chi connectivity index (χ4n) is 2.15. The van der Waals surface area contributed by atoms with Crippen molar-refractivity contribution in [1.29, 1.82) is 0 Å². The Morgan fingerprint density at radius 1 is 0.650 bits per heavy atom. The minimum atomic E-state index is 0.687. The van der Waals surface area contributed by atoms with Gasteiger partial charge in [0.2, 0.25) is 0 Å². The predicted molar refractivity (Wildman–Crippen MR) is 93.6 cm³/mol. The van der Waals surface area contributed by atoms with Crippen LogP contribution in [0.4, 0.5) is 0 Å². The Hall–Kier alpha value is -1.43. The molecule has 0 saturated carbocycles. The first-order valence-electron chi connectivity index (χ1n) is 6.50. The van der Waals surface area contributed by atoms with E-state index in [0.29, 0.717) is 8.58 Å². The summed E-state index contributed by atoms with van der Waals surface area (Å²) in [6, 6.07) is 27.8. The van der Waals surface area contributed by atoms with Crippen molar-refractivity contribution in [2.24, 2.45) is 0 Å². The molecule has 3 aromatic rings. The smallest absolute Gasteiger partial charge is 0.0175 e. The lowest BCUT2D eigenvalue weighted by Crippen LogP contribution is -2.05. The van der Waals surface area contributed by atoms with Gasteiger partial charge in [0.1, 0.15) is 0 Å². The second-order valence-electron chi connectivity index (χ2n) is 4.54. The highest BCUT2D eigenvalue weighted by Gasteiger charge is 2.05. The third-order valence-electron chi connectivity index (χ3n) is 3.14. The van der Waals surface area contributed by atoms with Crippen molar-refractivity contribution in [3.05, 3.63) is 83.3 Å². The molecule has 0 aliphatic carbocycles. The van der Waals surface area contributed by atoms with Crippen LogP contribution in [-0.4, -0.2) is 0 Å². The molecular weight excluding hydrogens is 327 g/mol. The Morgan fingerprint density at radius 2 is 1.30 bits per heavy atom. The molecule has 1 unspecified atom stereocenters. The molecule has 0 nitrogen and oxygen atoms in total. The first-order valence-corrected chi connectivity index (χ1v) is 8.29. The van der Waals surface area contributed by atoms with Crippen LogP contribution in [0.1, 0.15) is 0 Å². The monoisotopic (exact) mass is 340 g/mol. The maximum atomic E-state index is 3.49. The lowest BCUT2D eigenvalue weighted by atomic mass is 10.1. The molecule has 0 amide bonds. The van der Waals surface area contributed by atoms with Crippen LogP contribution in [0.15, 0.2) is 83.3 Å². The Balaban J connectivity index is 1.98. The van der Waals surface area contributed by atoms with Gasteiger partial charge in [-0.15, -0.1) is 0 Å². The van der Waals surface area contributed by atoms with E-state index in [1.54, 1.807) is 0 Å². The average Bonchev–Trinajstić information content (AvgIpc) is 2.50. The fraction of sp³-hybridized carbons (Fsp3) is 0. The molecule has 2 heteroatoms. The third-order valence-corrected chi connectivity index (χ3v) is 4.99. The van der Waals surface area contributed by atoms with Gasteiger partial charge in [-0.1, -0.05) is 91.2 Å². The van der Waals surface area contributed by atoms with Crippen molar-refractivity contribution in [3.8, 4) is 11.1 Å². The summed E-state index contributed by atoms with van der Waals surface area (Å²) in [7, 11) is 0.687. The zero-order valence-corrected chi connectivity index (χ0v) is 13.5. The van der Waals surface area contributed by atoms with Gasteiger partial charge < -0.3 is 0 Å². The summed E-state index contributed by atoms with van der Waals surface area (Å²) < 4.78 is 1.12. The summed E-state index contributed by atoms with van der Waals surface area (Å²) >= 11 is 3.49. The van der Waals surface area contributed by atoms with Crippen LogP contribution in [0.25, 0.3) is 11.1 Å². The van der Waals surface area contributed by atoms with Gasteiger partial charge >= 0.3 is 0 Å². The largest absolute Gasteiger partial charge is 0.0622 e. The molecule has 0 radical (unpaired) electrons. The minimum absolute atomic E-state index is 0.687. The lowest BCUT2D eigenvalue weighted by Gasteiger charge is -2.10. The molecule has 3 rings (SSSR count). The summed E-state index contributed by atoms with van der Waals surface area (Å²) in [6.45, 7) is 0. The Kier molecular flexibility index (Phi) is 4.30. The number of hydrogen-bond acceptors (Lipinski definition) is 0. The molecule has 20 heavy (non-hydrogen) atoms. The van der Waals surface area contributed by atoms with Crippen molar-refractivity contribution < 1.29 is 0 Å². The van der Waals surface area contributed by atoms with E-state index >= 15 is 0 Å². The van der Waals surface area contributed by atoms with Crippen molar-refractivity contribution in [2.45, 2.75) is 0 Å². The van der Waals surface area contributed by atoms with E-state index in [2.05, 4.69) is 94.8 Å². The van der Waals surface area contributed by atoms with Crippen molar-refractivity contribution >= 4 is 35.1 Å². The van der Waals surface area contributed by atoms with Gasteiger partial charge in [-0.2, -0.15) is 0 Å². The van der Waals surface area contributed by atoms with E-state index in [1.165, 1.54) is 21.7 Å². The highest BCUT2D eigenvalue weighted by atomic mass is 79.9. The van der Waals surface area contributed by atoms with Crippen LogP contribution in [0, 0.1) is 0 Å². The Bertz CT molecular complexity index is 690. The summed E-state index contributed by atoms with van der Waals surface area (Å²) in [6.07, 6.45) is 0. The van der Waals surface area contributed by atoms with Crippen LogP contribution < -0.4 is 10.6 Å². The fourth-order valence-corrected chi connectivity index (χ4v) is 3.63. The van der Waals surface area contributed by atoms with Crippen molar-refractivity contribution in [3.63, 3.8) is 0 Å². The van der Waals surface area contributed by atoms with E-state index in [1.807, 2.05) is 0 Å². The van der Waals surface area contributed by atoms with E-state index in [-0.39, 0.29) is 0 Å². The van der Waals surface area contributed by atoms with Gasteiger partial charge in [-0.3, -0.25) is 0 Å². The van der Waals surface area contributed by atoms with Crippen molar-refractivity contribution in [2.75, 3.05) is 0 Å². The standard InChI is InChI=1S/C18H14BrP/c19-15-12-10-14(11-13-15)17-8-4-5-9-18(17)20-16-6-2-1-3-7-16/h1-13,20H. The number of hydrogen-bond donors (Lipinski definition) is 0. The SMILES string of the molecule is Brc1ccc(-c2ccccc2Pc2ccccc2)cc1. The third kappa shape index (κ3) is 3.17. The lowest BCUT2D eigenvalue weighted by molar-refractivity contribution is 1.62. The molecule has 0 aliphatic rings. The number of rotatable bonds is 3. The molecule has 98 valence electrons. The van der Waals surface area contributed by atoms with E-state index in [0.717, 1.165) is 4.47 Å². The topological polar surface area (TPSA) is 0 Å². The Morgan fingerprint density at radius 3 is 2.05 bits per heavy atom. The molecule has 0 aliphatic heterocycles. The van der Waals surface area contributed by atoms with Gasteiger partial charge in [0.25, 0.3) is 0 Å². The molecule has 0 heterocycles. The van der Waals surface area contributed by atoms with Crippen molar-refractivity contribution in [1.82, 2.24) is 0 Å². The summed E-state index contributed by atoms with van der Waals surface area (Å²) in [5, 5.41) is 2.76. The zero-order valence-electron chi connectivity index (χ0n) is 10.9. The molecular formula is C18H14BrP. The average molecular weight is 341 g/mol. The van der Waals surface area contributed by atoms with E-state index < -0.39 is 0 Å². The highest BCUT2D eigenvalue weighted by Crippen LogP contribution is 2.24. The molecule has 1 atom stereocenters. The molecule has 0 bridgehead atoms. The van der Waals surface area contributed by atoms with Crippen LogP contribution >= 0.6 is 24.5 Å². The highest BCUT2D eigenvalue weighted by molar-refractivity contribution is 9.10. The molecule has 0 aromatic heterocycles. The number of benzene rings is 3. The van der Waals surface area contributed by atoms with Gasteiger partial charge in [-0.05, 0) is 33.9 Å². The second-order valence-corrected chi connectivity index (χ2v) is 6.83. The summed E-state index contributed by atoms with van der Waals surface area (Å²) in [4.78, 5) is 0. The first kappa shape index (κ1) is 13.5. The zero-order chi connectivity index (χ0) is 13.8. The molecule has 3 aromatic carbocycles. The molecule has 0 spiro atoms. The van der Waals surface area contributed by atoms with Crippen LogP contribution in [-0.2, 0) is 0 Å². The van der Waals surface area contributed by atoms with Gasteiger partial charge in [0.05, 0.1) is 0 Å². The molecule has 0 saturated heterocycles. The summed E-state index contributed by atoms with van der Waals surface area (Å²) in [5.74, 6) is 0. The quantitative estimate of drug-likeness (QED) is 0.604. The van der Waals surface area contributed by atoms with E-state index in [9.17, 15) is 0 Å². The van der Waals surface area contributed by atoms with Gasteiger partial charge in [-0.25, -0.2) is 0 Å². The normalized spacial score (nSPS) is 11.1. The van der Waals surface area contributed by atoms with E-state index in [4.69, 9.17) is 0 Å². The van der Waals surface area contributed by atoms with Gasteiger partial charge in [0, 0.05) is 4.47 Å². The van der Waals surface area contributed by atoms with Gasteiger partial charge in [0.15, 0.2) is 0 Å². The maximum Gasteiger partial charge on any atom is 0.0175 e. The summed E-state index contributed by atoms with van der Waals surface area (Å²) in [5.41, 5.74) is 2.59.